The number of carboxylic acids is 1. The monoisotopic (exact) mass is 344 g/mol. The molecule has 2 unspecified atom stereocenters. The van der Waals surface area contributed by atoms with Gasteiger partial charge in [-0.25, -0.2) is 14.5 Å². The van der Waals surface area contributed by atoms with E-state index in [2.05, 4.69) is 6.58 Å². The van der Waals surface area contributed by atoms with E-state index in [0.717, 1.165) is 10.5 Å². The van der Waals surface area contributed by atoms with E-state index in [1.807, 2.05) is 19.9 Å². The molecular formula is C19H24N2O4. The minimum absolute atomic E-state index is 0.0873. The molecule has 1 aromatic carbocycles. The molecule has 2 atom stereocenters. The summed E-state index contributed by atoms with van der Waals surface area (Å²) in [5, 5.41) is 9.63. The molecule has 1 heterocycles. The van der Waals surface area contributed by atoms with E-state index < -0.39 is 30.0 Å². The second kappa shape index (κ2) is 7.96. The number of amides is 3. The standard InChI is InChI=1S/C19H24N2O4/c1-4-10-20-15(11-13(2)3)17(22)21(19(20)25)16(18(23)24)12-14-8-6-5-7-9-14/h4-9,13,15-16H,1,10-12H2,2-3H3,(H,23,24). The number of rotatable bonds is 8. The average Bonchev–Trinajstić information content (AvgIpc) is 2.78. The summed E-state index contributed by atoms with van der Waals surface area (Å²) in [4.78, 5) is 39.7. The summed E-state index contributed by atoms with van der Waals surface area (Å²) < 4.78 is 0. The van der Waals surface area contributed by atoms with Gasteiger partial charge in [0, 0.05) is 13.0 Å². The Kier molecular flexibility index (Phi) is 5.96. The van der Waals surface area contributed by atoms with Crippen LogP contribution in [0.4, 0.5) is 4.79 Å². The first-order valence-electron chi connectivity index (χ1n) is 8.38. The Morgan fingerprint density at radius 2 is 1.92 bits per heavy atom. The van der Waals surface area contributed by atoms with Crippen LogP contribution in [0.25, 0.3) is 0 Å². The van der Waals surface area contributed by atoms with E-state index in [1.54, 1.807) is 30.3 Å². The smallest absolute Gasteiger partial charge is 0.328 e. The van der Waals surface area contributed by atoms with Crippen molar-refractivity contribution in [2.75, 3.05) is 6.54 Å². The molecule has 0 radical (unpaired) electrons. The van der Waals surface area contributed by atoms with Crippen LogP contribution >= 0.6 is 0 Å². The van der Waals surface area contributed by atoms with Gasteiger partial charge in [0.05, 0.1) is 0 Å². The second-order valence-corrected chi connectivity index (χ2v) is 6.62. The van der Waals surface area contributed by atoms with Gasteiger partial charge in [0.15, 0.2) is 0 Å². The van der Waals surface area contributed by atoms with Crippen LogP contribution in [0.2, 0.25) is 0 Å². The van der Waals surface area contributed by atoms with Crippen molar-refractivity contribution in [1.29, 1.82) is 0 Å². The van der Waals surface area contributed by atoms with Gasteiger partial charge in [-0.15, -0.1) is 6.58 Å². The number of aliphatic carboxylic acids is 1. The summed E-state index contributed by atoms with van der Waals surface area (Å²) in [5.74, 6) is -1.43. The predicted molar refractivity (Wildman–Crippen MR) is 94.0 cm³/mol. The normalized spacial score (nSPS) is 18.8. The van der Waals surface area contributed by atoms with Gasteiger partial charge in [0.1, 0.15) is 12.1 Å². The van der Waals surface area contributed by atoms with Crippen LogP contribution in [0.5, 0.6) is 0 Å². The van der Waals surface area contributed by atoms with Crippen molar-refractivity contribution in [3.8, 4) is 0 Å². The zero-order valence-electron chi connectivity index (χ0n) is 14.6. The highest BCUT2D eigenvalue weighted by molar-refractivity contribution is 6.07. The Morgan fingerprint density at radius 1 is 1.28 bits per heavy atom. The number of benzene rings is 1. The second-order valence-electron chi connectivity index (χ2n) is 6.62. The van der Waals surface area contributed by atoms with Gasteiger partial charge in [-0.2, -0.15) is 0 Å². The molecule has 0 bridgehead atoms. The first kappa shape index (κ1) is 18.7. The van der Waals surface area contributed by atoms with Gasteiger partial charge < -0.3 is 10.0 Å². The number of urea groups is 1. The Morgan fingerprint density at radius 3 is 2.44 bits per heavy atom. The van der Waals surface area contributed by atoms with Crippen LogP contribution in [0, 0.1) is 5.92 Å². The summed E-state index contributed by atoms with van der Waals surface area (Å²) in [6, 6.07) is 6.59. The fourth-order valence-electron chi connectivity index (χ4n) is 3.09. The lowest BCUT2D eigenvalue weighted by Crippen LogP contribution is -2.47. The minimum Gasteiger partial charge on any atom is -0.480 e. The third-order valence-corrected chi connectivity index (χ3v) is 4.24. The zero-order valence-corrected chi connectivity index (χ0v) is 14.6. The van der Waals surface area contributed by atoms with Crippen LogP contribution in [0.1, 0.15) is 25.8 Å². The number of carboxylic acid groups (broad SMARTS) is 1. The van der Waals surface area contributed by atoms with E-state index in [1.165, 1.54) is 4.90 Å². The topological polar surface area (TPSA) is 77.9 Å². The first-order chi connectivity index (χ1) is 11.9. The number of carbonyl (C=O) groups is 3. The van der Waals surface area contributed by atoms with Crippen molar-refractivity contribution in [3.05, 3.63) is 48.6 Å². The Balaban J connectivity index is 2.32. The maximum absolute atomic E-state index is 12.8. The van der Waals surface area contributed by atoms with Gasteiger partial charge in [-0.3, -0.25) is 4.79 Å². The minimum atomic E-state index is -1.22. The molecule has 2 rings (SSSR count). The van der Waals surface area contributed by atoms with E-state index in [0.29, 0.717) is 6.42 Å². The molecule has 25 heavy (non-hydrogen) atoms. The number of imide groups is 1. The lowest BCUT2D eigenvalue weighted by molar-refractivity contribution is -0.146. The van der Waals surface area contributed by atoms with E-state index >= 15 is 0 Å². The van der Waals surface area contributed by atoms with Gasteiger partial charge in [0.2, 0.25) is 0 Å². The van der Waals surface area contributed by atoms with Gasteiger partial charge in [-0.05, 0) is 17.9 Å². The molecule has 134 valence electrons. The molecule has 6 heteroatoms. The van der Waals surface area contributed by atoms with Crippen LogP contribution < -0.4 is 0 Å². The zero-order chi connectivity index (χ0) is 18.6. The van der Waals surface area contributed by atoms with Crippen molar-refractivity contribution in [2.24, 2.45) is 5.92 Å². The Labute approximate surface area is 147 Å². The highest BCUT2D eigenvalue weighted by Crippen LogP contribution is 2.26. The summed E-state index contributed by atoms with van der Waals surface area (Å²) in [5.41, 5.74) is 0.762. The quantitative estimate of drug-likeness (QED) is 0.581. The molecule has 6 nitrogen and oxygen atoms in total. The molecular weight excluding hydrogens is 320 g/mol. The molecule has 0 spiro atoms. The maximum Gasteiger partial charge on any atom is 0.328 e. The van der Waals surface area contributed by atoms with E-state index in [-0.39, 0.29) is 18.9 Å². The van der Waals surface area contributed by atoms with E-state index in [4.69, 9.17) is 0 Å². The van der Waals surface area contributed by atoms with Crippen molar-refractivity contribution in [2.45, 2.75) is 38.8 Å². The number of nitrogens with zero attached hydrogens (tertiary/aromatic N) is 2. The fourth-order valence-corrected chi connectivity index (χ4v) is 3.09. The SMILES string of the molecule is C=CCN1C(=O)N(C(Cc2ccccc2)C(=O)O)C(=O)C1CC(C)C. The first-order valence-corrected chi connectivity index (χ1v) is 8.38. The number of hydrogen-bond acceptors (Lipinski definition) is 3. The third kappa shape index (κ3) is 4.07. The lowest BCUT2D eigenvalue weighted by Gasteiger charge is -2.23. The van der Waals surface area contributed by atoms with Crippen molar-refractivity contribution < 1.29 is 19.5 Å². The summed E-state index contributed by atoms with van der Waals surface area (Å²) >= 11 is 0. The maximum atomic E-state index is 12.8. The number of hydrogen-bond donors (Lipinski definition) is 1. The number of carbonyl (C=O) groups excluding carboxylic acids is 2. The van der Waals surface area contributed by atoms with Crippen LogP contribution in [0.3, 0.4) is 0 Å². The van der Waals surface area contributed by atoms with Crippen LogP contribution in [-0.4, -0.2) is 51.4 Å². The molecule has 1 aliphatic rings. The van der Waals surface area contributed by atoms with Crippen LogP contribution in [0.15, 0.2) is 43.0 Å². The molecule has 0 aliphatic carbocycles. The lowest BCUT2D eigenvalue weighted by atomic mass is 10.0. The average molecular weight is 344 g/mol. The molecule has 1 aliphatic heterocycles. The third-order valence-electron chi connectivity index (χ3n) is 4.24. The predicted octanol–water partition coefficient (Wildman–Crippen LogP) is 2.55. The highest BCUT2D eigenvalue weighted by Gasteiger charge is 2.49. The highest BCUT2D eigenvalue weighted by atomic mass is 16.4. The van der Waals surface area contributed by atoms with Gasteiger partial charge in [0.25, 0.3) is 5.91 Å². The largest absolute Gasteiger partial charge is 0.480 e. The molecule has 0 aromatic heterocycles. The van der Waals surface area contributed by atoms with Crippen molar-refractivity contribution >= 4 is 17.9 Å². The van der Waals surface area contributed by atoms with Crippen LogP contribution in [-0.2, 0) is 16.0 Å². The molecule has 3 amide bonds. The summed E-state index contributed by atoms with van der Waals surface area (Å²) in [6.07, 6.45) is 2.13. The fraction of sp³-hybridized carbons (Fsp3) is 0.421. The molecule has 0 saturated carbocycles. The van der Waals surface area contributed by atoms with Crippen molar-refractivity contribution in [1.82, 2.24) is 9.80 Å². The van der Waals surface area contributed by atoms with Gasteiger partial charge in [-0.1, -0.05) is 50.3 Å². The summed E-state index contributed by atoms with van der Waals surface area (Å²) in [7, 11) is 0. The molecule has 1 saturated heterocycles. The van der Waals surface area contributed by atoms with E-state index in [9.17, 15) is 19.5 Å². The Hall–Kier alpha value is -2.63. The molecule has 1 N–H and O–H groups in total. The van der Waals surface area contributed by atoms with Crippen molar-refractivity contribution in [3.63, 3.8) is 0 Å². The Bertz CT molecular complexity index is 657. The van der Waals surface area contributed by atoms with Gasteiger partial charge >= 0.3 is 12.0 Å². The molecule has 1 fully saturated rings. The summed E-state index contributed by atoms with van der Waals surface area (Å²) in [6.45, 7) is 7.78. The molecule has 1 aromatic rings.